The minimum atomic E-state index is -1.75. The van der Waals surface area contributed by atoms with Crippen LogP contribution in [-0.4, -0.2) is 226 Å². The minimum absolute atomic E-state index is 0.0132. The van der Waals surface area contributed by atoms with Crippen LogP contribution in [0.2, 0.25) is 0 Å². The number of carbonyl (C=O) groups is 15. The van der Waals surface area contributed by atoms with Crippen LogP contribution in [0.1, 0.15) is 107 Å². The number of carbonyl (C=O) groups excluding carboxylic acids is 13. The third kappa shape index (κ3) is 31.8. The molecule has 26 N–H and O–H groups in total. The van der Waals surface area contributed by atoms with E-state index in [1.807, 2.05) is 0 Å². The molecule has 39 heteroatoms. The number of nitrogens with one attached hydrogen (secondary N) is 13. The fraction of sp³-hybridized carbons (Fsp3) is 0.532. The average molecular weight is 1420 g/mol. The van der Waals surface area contributed by atoms with E-state index in [4.69, 9.17) is 22.9 Å². The van der Waals surface area contributed by atoms with Crippen molar-refractivity contribution < 1.29 is 97.5 Å². The number of aliphatic imine (C=N–C) groups is 2. The first-order valence-electron chi connectivity index (χ1n) is 32.5. The monoisotopic (exact) mass is 1420 g/mol. The molecule has 4 rings (SSSR count). The Hall–Kier alpha value is -11.4. The molecule has 13 amide bonds. The summed E-state index contributed by atoms with van der Waals surface area (Å²) in [5.74, 6) is -15.5. The van der Waals surface area contributed by atoms with Gasteiger partial charge in [0, 0.05) is 51.9 Å². The highest BCUT2D eigenvalue weighted by Gasteiger charge is 2.36. The predicted octanol–water partition coefficient (Wildman–Crippen LogP) is -7.70. The number of nitrogens with zero attached hydrogens (tertiary/aromatic N) is 2. The van der Waals surface area contributed by atoms with E-state index in [0.29, 0.717) is 11.1 Å². The van der Waals surface area contributed by atoms with Gasteiger partial charge >= 0.3 is 11.9 Å². The van der Waals surface area contributed by atoms with Crippen LogP contribution in [0.3, 0.4) is 0 Å². The van der Waals surface area contributed by atoms with E-state index < -0.39 is 182 Å². The Labute approximate surface area is 578 Å². The summed E-state index contributed by atoms with van der Waals surface area (Å²) >= 11 is 0. The van der Waals surface area contributed by atoms with Crippen LogP contribution in [-0.2, 0) is 84.8 Å². The number of nitrogens with two attached hydrogens (primary N) is 4. The second-order valence-corrected chi connectivity index (χ2v) is 23.6. The van der Waals surface area contributed by atoms with E-state index in [1.54, 1.807) is 0 Å². The molecule has 2 aromatic rings. The van der Waals surface area contributed by atoms with Gasteiger partial charge in [0.15, 0.2) is 11.9 Å². The van der Waals surface area contributed by atoms with E-state index in [-0.39, 0.29) is 139 Å². The molecule has 2 aliphatic rings. The first kappa shape index (κ1) is 82.0. The Morgan fingerprint density at radius 2 is 0.802 bits per heavy atom. The number of aliphatic hydroxyl groups is 1. The number of rotatable bonds is 33. The number of phenols is 2. The lowest BCUT2D eigenvalue weighted by Gasteiger charge is -2.26. The Morgan fingerprint density at radius 1 is 0.446 bits per heavy atom. The number of aromatic hydroxyl groups is 2. The molecule has 2 aliphatic heterocycles. The number of aliphatic hydroxyl groups excluding tert-OH is 1. The number of amides is 13. The molecule has 0 unspecified atom stereocenters. The standard InChI is InChI=1S/C62H91N19O20/c63-61(64)69-24-5-9-37-53(94)71-31-48(87)74-44(29-50(89)90)59(100)80-42(27-33-11-15-35(83)16-12-33)57(98)78-39(55(96)76-37)7-1-3-22-67-46(85)20-19-41(73-47(86)21-26-82)52(93)68-23-4-2-8-40-56(97)77-38(10-6-25-70-62(65)66)54(95)72-32-49(88)75-45(30-51(91)92)60(101)81-43(58(99)79-40)28-34-13-17-36(84)18-14-34/h11-18,37-45,82-84H,1-10,19-32H2,(H,67,85)(H,68,93)(H,71,94)(H,72,95)(H,73,86)(H,74,87)(H,75,88)(H,76,96)(H,77,97)(H,78,98)(H,79,99)(H,80,100)(H,81,101)(H,89,90)(H,91,92)(H4,63,64,69)(H4,65,66,70)/t37-,38-,39-,40+,41+,42+,43+,44-,45-/m1/s1. The zero-order valence-corrected chi connectivity index (χ0v) is 55.3. The number of unbranched alkanes of at least 4 members (excludes halogenated alkanes) is 2. The zero-order chi connectivity index (χ0) is 74.6. The fourth-order valence-corrected chi connectivity index (χ4v) is 10.2. The van der Waals surface area contributed by atoms with Crippen molar-refractivity contribution in [2.24, 2.45) is 32.9 Å². The van der Waals surface area contributed by atoms with Gasteiger partial charge < -0.3 is 118 Å². The van der Waals surface area contributed by atoms with Crippen molar-refractivity contribution in [2.75, 3.05) is 45.9 Å². The Morgan fingerprint density at radius 3 is 1.19 bits per heavy atom. The molecule has 0 spiro atoms. The van der Waals surface area contributed by atoms with E-state index >= 15 is 0 Å². The van der Waals surface area contributed by atoms with Crippen molar-refractivity contribution in [3.8, 4) is 11.5 Å². The summed E-state index contributed by atoms with van der Waals surface area (Å²) < 4.78 is 0. The topological polar surface area (TPSA) is 642 Å². The van der Waals surface area contributed by atoms with Gasteiger partial charge in [0.25, 0.3) is 0 Å². The van der Waals surface area contributed by atoms with Crippen LogP contribution in [0.5, 0.6) is 11.5 Å². The van der Waals surface area contributed by atoms with Crippen molar-refractivity contribution >= 4 is 101 Å². The normalized spacial score (nSPS) is 20.8. The second-order valence-electron chi connectivity index (χ2n) is 23.6. The molecular formula is C62H91N19O20. The summed E-state index contributed by atoms with van der Waals surface area (Å²) in [6.45, 7) is -2.25. The molecule has 554 valence electrons. The Kier molecular flexibility index (Phi) is 35.0. The number of guanidine groups is 2. The Balaban J connectivity index is 1.48. The maximum absolute atomic E-state index is 14.3. The molecule has 0 radical (unpaired) electrons. The molecule has 39 nitrogen and oxygen atoms in total. The molecule has 0 aliphatic carbocycles. The average Bonchev–Trinajstić information content (AvgIpc) is 1.74. The summed E-state index contributed by atoms with van der Waals surface area (Å²) in [5, 5.41) is 80.8. The lowest BCUT2D eigenvalue weighted by Crippen LogP contribution is -2.58. The number of hydrogen-bond donors (Lipinski definition) is 22. The third-order valence-corrected chi connectivity index (χ3v) is 15.5. The first-order chi connectivity index (χ1) is 48.0. The van der Waals surface area contributed by atoms with E-state index in [1.165, 1.54) is 48.5 Å². The number of benzene rings is 2. The quantitative estimate of drug-likeness (QED) is 0.0179. The van der Waals surface area contributed by atoms with Crippen LogP contribution in [0.15, 0.2) is 58.5 Å². The SMILES string of the molecule is NC(N)=NCCC[C@H]1NC(=O)[C@H](CCCCNC(=O)[C@H](CCC(=O)NCCCC[C@H]2NC(=O)[C@H](Cc3ccc(O)cc3)NC(=O)[C@@H](CC(=O)O)NC(=O)CNC(=O)[C@@H](CCCN=C(N)N)NC2=O)NC(=O)CCO)NC(=O)[C@H](Cc2ccc(O)cc2)NC(=O)[C@@H](CC(=O)O)NC(=O)CNC1=O. The predicted molar refractivity (Wildman–Crippen MR) is 356 cm³/mol. The smallest absolute Gasteiger partial charge is 0.305 e. The van der Waals surface area contributed by atoms with Crippen LogP contribution in [0.4, 0.5) is 0 Å². The van der Waals surface area contributed by atoms with Gasteiger partial charge in [0.05, 0.1) is 32.5 Å². The molecule has 2 aromatic carbocycles. The van der Waals surface area contributed by atoms with Gasteiger partial charge in [-0.05, 0) is 106 Å². The molecular weight excluding hydrogens is 1330 g/mol. The molecule has 2 fully saturated rings. The van der Waals surface area contributed by atoms with E-state index in [2.05, 4.69) is 79.1 Å². The molecule has 9 atom stereocenters. The van der Waals surface area contributed by atoms with Gasteiger partial charge in [0.2, 0.25) is 76.8 Å². The Bertz CT molecular complexity index is 3290. The second kappa shape index (κ2) is 43.1. The number of aliphatic carboxylic acids is 2. The van der Waals surface area contributed by atoms with E-state index in [9.17, 15) is 97.5 Å². The maximum atomic E-state index is 14.3. The highest BCUT2D eigenvalue weighted by molar-refractivity contribution is 6.00. The zero-order valence-electron chi connectivity index (χ0n) is 55.3. The third-order valence-electron chi connectivity index (χ3n) is 15.5. The van der Waals surface area contributed by atoms with Crippen molar-refractivity contribution in [1.29, 1.82) is 0 Å². The number of phenolic OH excluding ortho intramolecular Hbond substituents is 2. The molecule has 101 heavy (non-hydrogen) atoms. The van der Waals surface area contributed by atoms with Gasteiger partial charge in [-0.1, -0.05) is 24.3 Å². The lowest BCUT2D eigenvalue weighted by molar-refractivity contribution is -0.141. The molecule has 0 bridgehead atoms. The lowest BCUT2D eigenvalue weighted by atomic mass is 10.0. The molecule has 2 saturated heterocycles. The summed E-state index contributed by atoms with van der Waals surface area (Å²) in [5.41, 5.74) is 22.6. The molecule has 0 saturated carbocycles. The van der Waals surface area contributed by atoms with Crippen LogP contribution in [0.25, 0.3) is 0 Å². The van der Waals surface area contributed by atoms with Crippen molar-refractivity contribution in [3.05, 3.63) is 59.7 Å². The molecule has 0 aromatic heterocycles. The minimum Gasteiger partial charge on any atom is -0.508 e. The summed E-state index contributed by atoms with van der Waals surface area (Å²) in [7, 11) is 0. The summed E-state index contributed by atoms with van der Waals surface area (Å²) in [6.07, 6.45) is -3.30. The van der Waals surface area contributed by atoms with Crippen molar-refractivity contribution in [3.63, 3.8) is 0 Å². The van der Waals surface area contributed by atoms with Crippen LogP contribution >= 0.6 is 0 Å². The van der Waals surface area contributed by atoms with Crippen molar-refractivity contribution in [1.82, 2.24) is 69.1 Å². The summed E-state index contributed by atoms with van der Waals surface area (Å²) in [6, 6.07) is -2.52. The number of carboxylic acid groups (broad SMARTS) is 2. The fourth-order valence-electron chi connectivity index (χ4n) is 10.2. The van der Waals surface area contributed by atoms with Crippen LogP contribution in [0, 0.1) is 0 Å². The van der Waals surface area contributed by atoms with Gasteiger partial charge in [-0.2, -0.15) is 0 Å². The van der Waals surface area contributed by atoms with Gasteiger partial charge in [-0.25, -0.2) is 0 Å². The largest absolute Gasteiger partial charge is 0.508 e. The van der Waals surface area contributed by atoms with E-state index in [0.717, 1.165) is 0 Å². The van der Waals surface area contributed by atoms with Gasteiger partial charge in [0.1, 0.15) is 65.9 Å². The van der Waals surface area contributed by atoms with Crippen molar-refractivity contribution in [2.45, 2.75) is 164 Å². The van der Waals surface area contributed by atoms with Gasteiger partial charge in [-0.15, -0.1) is 0 Å². The first-order valence-corrected chi connectivity index (χ1v) is 32.5. The number of hydrogen-bond acceptors (Lipinski definition) is 20. The molecule has 2 heterocycles. The maximum Gasteiger partial charge on any atom is 0.305 e. The highest BCUT2D eigenvalue weighted by Crippen LogP contribution is 2.16. The van der Waals surface area contributed by atoms with Gasteiger partial charge in [-0.3, -0.25) is 81.9 Å². The summed E-state index contributed by atoms with van der Waals surface area (Å²) in [4.78, 5) is 209. The number of carboxylic acids is 2. The highest BCUT2D eigenvalue weighted by atomic mass is 16.4. The van der Waals surface area contributed by atoms with Crippen LogP contribution < -0.4 is 92.1 Å².